The van der Waals surface area contributed by atoms with E-state index in [2.05, 4.69) is 20.6 Å². The first-order valence-electron chi connectivity index (χ1n) is 10.6. The van der Waals surface area contributed by atoms with Crippen molar-refractivity contribution < 1.29 is 14.0 Å². The summed E-state index contributed by atoms with van der Waals surface area (Å²) in [7, 11) is 0. The molecule has 4 rings (SSSR count). The number of carbonyl (C=O) groups is 2. The van der Waals surface area contributed by atoms with Gasteiger partial charge in [-0.1, -0.05) is 18.6 Å². The van der Waals surface area contributed by atoms with E-state index in [0.29, 0.717) is 22.6 Å². The van der Waals surface area contributed by atoms with Gasteiger partial charge < -0.3 is 5.32 Å². The monoisotopic (exact) mass is 440 g/mol. The number of aromatic nitrogens is 2. The Morgan fingerprint density at radius 1 is 1.13 bits per heavy atom. The largest absolute Gasteiger partial charge is 0.351 e. The van der Waals surface area contributed by atoms with Gasteiger partial charge in [-0.3, -0.25) is 14.9 Å². The van der Waals surface area contributed by atoms with E-state index in [9.17, 15) is 14.0 Å². The Kier molecular flexibility index (Phi) is 6.96. The molecule has 0 bridgehead atoms. The standard InChI is InChI=1S/C23H25FN4O2S/c24-17-8-4-15(5-9-17)2-1-3-16-6-10-18(11-7-16)26-22-25-13-12-19(27-22)14-20-21(29)28-23(30)31-20/h4-5,8-9,12-14,16,18H,1-3,6-7,10-11H2,(H,25,26,27)(H,28,29,30)/b20-14-. The highest BCUT2D eigenvalue weighted by atomic mass is 32.2. The fourth-order valence-electron chi connectivity index (χ4n) is 4.10. The van der Waals surface area contributed by atoms with Crippen molar-refractivity contribution in [3.8, 4) is 0 Å². The molecule has 1 aliphatic carbocycles. The van der Waals surface area contributed by atoms with Gasteiger partial charge in [0.2, 0.25) is 5.95 Å². The third-order valence-corrected chi connectivity index (χ3v) is 6.58. The van der Waals surface area contributed by atoms with Gasteiger partial charge in [-0.2, -0.15) is 0 Å². The molecule has 2 fully saturated rings. The lowest BCUT2D eigenvalue weighted by molar-refractivity contribution is -0.115. The second-order valence-electron chi connectivity index (χ2n) is 8.04. The molecule has 6 nitrogen and oxygen atoms in total. The number of benzene rings is 1. The molecule has 1 saturated heterocycles. The fraction of sp³-hybridized carbons (Fsp3) is 0.391. The highest BCUT2D eigenvalue weighted by molar-refractivity contribution is 8.18. The Labute approximate surface area is 185 Å². The molecule has 2 aromatic rings. The SMILES string of the molecule is O=C1NC(=O)/C(=C/c2ccnc(NC3CCC(CCCc4ccc(F)cc4)CC3)n2)S1. The lowest BCUT2D eigenvalue weighted by Gasteiger charge is -2.29. The molecule has 1 aromatic heterocycles. The van der Waals surface area contributed by atoms with Crippen LogP contribution >= 0.6 is 11.8 Å². The van der Waals surface area contributed by atoms with Crippen LogP contribution in [-0.2, 0) is 11.2 Å². The molecule has 1 aliphatic heterocycles. The van der Waals surface area contributed by atoms with Gasteiger partial charge >= 0.3 is 0 Å². The summed E-state index contributed by atoms with van der Waals surface area (Å²) in [6.07, 6.45) is 11.1. The van der Waals surface area contributed by atoms with Crippen LogP contribution in [0.25, 0.3) is 6.08 Å². The molecule has 162 valence electrons. The Morgan fingerprint density at radius 2 is 1.90 bits per heavy atom. The molecule has 0 spiro atoms. The highest BCUT2D eigenvalue weighted by Crippen LogP contribution is 2.30. The van der Waals surface area contributed by atoms with Gasteiger partial charge in [0.25, 0.3) is 11.1 Å². The number of hydrogen-bond acceptors (Lipinski definition) is 6. The first-order valence-corrected chi connectivity index (χ1v) is 11.5. The van der Waals surface area contributed by atoms with Crippen molar-refractivity contribution in [2.45, 2.75) is 51.0 Å². The number of rotatable bonds is 7. The number of hydrogen-bond donors (Lipinski definition) is 2. The Bertz CT molecular complexity index is 972. The zero-order valence-electron chi connectivity index (χ0n) is 17.1. The number of nitrogens with zero attached hydrogens (tertiary/aromatic N) is 2. The molecule has 2 N–H and O–H groups in total. The van der Waals surface area contributed by atoms with Crippen molar-refractivity contribution in [1.29, 1.82) is 0 Å². The van der Waals surface area contributed by atoms with E-state index in [1.54, 1.807) is 18.3 Å². The van der Waals surface area contributed by atoms with Crippen LogP contribution in [0.5, 0.6) is 0 Å². The van der Waals surface area contributed by atoms with Gasteiger partial charge in [-0.25, -0.2) is 14.4 Å². The van der Waals surface area contributed by atoms with Gasteiger partial charge in [-0.05, 0) is 86.0 Å². The van der Waals surface area contributed by atoms with Crippen LogP contribution in [0.3, 0.4) is 0 Å². The normalized spacial score (nSPS) is 22.5. The van der Waals surface area contributed by atoms with E-state index in [-0.39, 0.29) is 17.0 Å². The van der Waals surface area contributed by atoms with Crippen molar-refractivity contribution in [3.63, 3.8) is 0 Å². The van der Waals surface area contributed by atoms with Crippen molar-refractivity contribution in [3.05, 3.63) is 58.5 Å². The Balaban J connectivity index is 1.23. The number of imide groups is 1. The predicted molar refractivity (Wildman–Crippen MR) is 120 cm³/mol. The summed E-state index contributed by atoms with van der Waals surface area (Å²) in [6.45, 7) is 0. The van der Waals surface area contributed by atoms with Crippen LogP contribution in [0.15, 0.2) is 41.4 Å². The predicted octanol–water partition coefficient (Wildman–Crippen LogP) is 4.93. The summed E-state index contributed by atoms with van der Waals surface area (Å²) in [4.78, 5) is 32.1. The molecule has 1 aromatic carbocycles. The number of aryl methyl sites for hydroxylation is 1. The fourth-order valence-corrected chi connectivity index (χ4v) is 4.77. The molecule has 0 radical (unpaired) electrons. The molecule has 2 amide bonds. The van der Waals surface area contributed by atoms with Crippen LogP contribution in [0.4, 0.5) is 15.1 Å². The molecule has 1 saturated carbocycles. The molecule has 31 heavy (non-hydrogen) atoms. The van der Waals surface area contributed by atoms with Gasteiger partial charge in [0.15, 0.2) is 0 Å². The average molecular weight is 441 g/mol. The van der Waals surface area contributed by atoms with Crippen LogP contribution in [0.2, 0.25) is 0 Å². The molecule has 0 unspecified atom stereocenters. The molecule has 2 aliphatic rings. The maximum Gasteiger partial charge on any atom is 0.290 e. The van der Waals surface area contributed by atoms with E-state index < -0.39 is 0 Å². The Hall–Kier alpha value is -2.74. The summed E-state index contributed by atoms with van der Waals surface area (Å²) in [5.74, 6) is 0.703. The lowest BCUT2D eigenvalue weighted by atomic mass is 9.83. The Morgan fingerprint density at radius 3 is 2.61 bits per heavy atom. The molecule has 8 heteroatoms. The average Bonchev–Trinajstić information content (AvgIpc) is 3.07. The lowest BCUT2D eigenvalue weighted by Crippen LogP contribution is -2.27. The summed E-state index contributed by atoms with van der Waals surface area (Å²) in [6, 6.07) is 8.85. The van der Waals surface area contributed by atoms with E-state index in [0.717, 1.165) is 43.4 Å². The van der Waals surface area contributed by atoms with Gasteiger partial charge in [-0.15, -0.1) is 0 Å². The maximum atomic E-state index is 13.0. The third-order valence-electron chi connectivity index (χ3n) is 5.77. The molecule has 0 atom stereocenters. The van der Waals surface area contributed by atoms with E-state index in [1.807, 2.05) is 12.1 Å². The van der Waals surface area contributed by atoms with Gasteiger partial charge in [0.1, 0.15) is 5.82 Å². The maximum absolute atomic E-state index is 13.0. The first-order chi connectivity index (χ1) is 15.0. The minimum Gasteiger partial charge on any atom is -0.351 e. The van der Waals surface area contributed by atoms with Crippen molar-refractivity contribution in [2.24, 2.45) is 5.92 Å². The number of anilines is 1. The topological polar surface area (TPSA) is 84.0 Å². The van der Waals surface area contributed by atoms with Crippen molar-refractivity contribution in [2.75, 3.05) is 5.32 Å². The van der Waals surface area contributed by atoms with Crippen LogP contribution < -0.4 is 10.6 Å². The number of nitrogens with one attached hydrogen (secondary N) is 2. The highest BCUT2D eigenvalue weighted by Gasteiger charge is 2.25. The van der Waals surface area contributed by atoms with Crippen LogP contribution in [0, 0.1) is 11.7 Å². The van der Waals surface area contributed by atoms with Crippen molar-refractivity contribution in [1.82, 2.24) is 15.3 Å². The first kappa shape index (κ1) is 21.5. The molecular formula is C23H25FN4O2S. The summed E-state index contributed by atoms with van der Waals surface area (Å²) in [5, 5.41) is 5.29. The van der Waals surface area contributed by atoms with Crippen LogP contribution in [-0.4, -0.2) is 27.2 Å². The van der Waals surface area contributed by atoms with Gasteiger partial charge in [0, 0.05) is 12.2 Å². The third kappa shape index (κ3) is 6.13. The number of carbonyl (C=O) groups excluding carboxylic acids is 2. The zero-order valence-corrected chi connectivity index (χ0v) is 18.0. The van der Waals surface area contributed by atoms with Gasteiger partial charge in [0.05, 0.1) is 10.6 Å². The van der Waals surface area contributed by atoms with Crippen LogP contribution in [0.1, 0.15) is 49.8 Å². The second-order valence-corrected chi connectivity index (χ2v) is 9.05. The summed E-state index contributed by atoms with van der Waals surface area (Å²) in [5.41, 5.74) is 1.79. The van der Waals surface area contributed by atoms with E-state index in [1.165, 1.54) is 37.0 Å². The number of amides is 2. The van der Waals surface area contributed by atoms with E-state index >= 15 is 0 Å². The van der Waals surface area contributed by atoms with E-state index in [4.69, 9.17) is 0 Å². The molecular weight excluding hydrogens is 415 g/mol. The number of halogens is 1. The number of thioether (sulfide) groups is 1. The minimum atomic E-state index is -0.388. The minimum absolute atomic E-state index is 0.182. The van der Waals surface area contributed by atoms with Crippen molar-refractivity contribution >= 4 is 34.9 Å². The molecule has 2 heterocycles. The second kappa shape index (κ2) is 10.0. The quantitative estimate of drug-likeness (QED) is 0.594. The zero-order chi connectivity index (χ0) is 21.6. The summed E-state index contributed by atoms with van der Waals surface area (Å²) >= 11 is 0.880. The summed E-state index contributed by atoms with van der Waals surface area (Å²) < 4.78 is 13.0. The smallest absolute Gasteiger partial charge is 0.290 e.